The first kappa shape index (κ1) is 14.0. The van der Waals surface area contributed by atoms with Crippen molar-refractivity contribution in [2.45, 2.75) is 6.54 Å². The number of amides is 1. The van der Waals surface area contributed by atoms with E-state index in [-0.39, 0.29) is 12.5 Å². The maximum atomic E-state index is 12.0. The Hall–Kier alpha value is -1.37. The second-order valence-corrected chi connectivity index (χ2v) is 5.04. The minimum Gasteiger partial charge on any atom is -0.345 e. The molecule has 2 rings (SSSR count). The van der Waals surface area contributed by atoms with E-state index in [4.69, 9.17) is 35.4 Å². The number of nitrogens with zero attached hydrogens (tertiary/aromatic N) is 2. The number of aromatic nitrogens is 3. The van der Waals surface area contributed by atoms with Crippen LogP contribution in [0.4, 0.5) is 0 Å². The second kappa shape index (κ2) is 5.73. The van der Waals surface area contributed by atoms with Gasteiger partial charge in [-0.1, -0.05) is 23.2 Å². The van der Waals surface area contributed by atoms with E-state index in [1.807, 2.05) is 0 Å². The number of hydrogen-bond donors (Lipinski definition) is 2. The van der Waals surface area contributed by atoms with E-state index in [1.54, 1.807) is 23.7 Å². The first-order valence-corrected chi connectivity index (χ1v) is 6.49. The van der Waals surface area contributed by atoms with Crippen molar-refractivity contribution in [3.63, 3.8) is 0 Å². The van der Waals surface area contributed by atoms with Gasteiger partial charge in [0.25, 0.3) is 5.91 Å². The molecule has 0 bridgehead atoms. The number of carbonyl (C=O) groups is 1. The molecule has 1 aromatic heterocycles. The van der Waals surface area contributed by atoms with E-state index in [0.717, 1.165) is 0 Å². The third-order valence-corrected chi connectivity index (χ3v) is 3.47. The van der Waals surface area contributed by atoms with E-state index in [0.29, 0.717) is 26.2 Å². The van der Waals surface area contributed by atoms with Gasteiger partial charge in [-0.05, 0) is 30.4 Å². The SMILES string of the molecule is Cn1c(CNC(=O)c2ccc(Cl)cc2Cl)n[nH]c1=S. The molecule has 0 aliphatic rings. The smallest absolute Gasteiger partial charge is 0.253 e. The maximum Gasteiger partial charge on any atom is 0.253 e. The van der Waals surface area contributed by atoms with Crippen LogP contribution in [0.5, 0.6) is 0 Å². The lowest BCUT2D eigenvalue weighted by Crippen LogP contribution is -2.24. The molecule has 0 spiro atoms. The summed E-state index contributed by atoms with van der Waals surface area (Å²) in [7, 11) is 1.77. The van der Waals surface area contributed by atoms with Crippen LogP contribution in [-0.4, -0.2) is 20.7 Å². The van der Waals surface area contributed by atoms with Gasteiger partial charge in [-0.25, -0.2) is 0 Å². The van der Waals surface area contributed by atoms with E-state index in [2.05, 4.69) is 15.5 Å². The molecule has 0 saturated carbocycles. The van der Waals surface area contributed by atoms with Crippen molar-refractivity contribution < 1.29 is 4.79 Å². The summed E-state index contributed by atoms with van der Waals surface area (Å²) in [5.41, 5.74) is 0.364. The van der Waals surface area contributed by atoms with Crippen LogP contribution >= 0.6 is 35.4 Å². The van der Waals surface area contributed by atoms with Gasteiger partial charge < -0.3 is 9.88 Å². The van der Waals surface area contributed by atoms with Crippen LogP contribution in [0.1, 0.15) is 16.2 Å². The van der Waals surface area contributed by atoms with Crippen molar-refractivity contribution in [1.82, 2.24) is 20.1 Å². The van der Waals surface area contributed by atoms with Crippen LogP contribution in [0.15, 0.2) is 18.2 Å². The Balaban J connectivity index is 2.09. The van der Waals surface area contributed by atoms with Crippen LogP contribution in [0, 0.1) is 4.77 Å². The van der Waals surface area contributed by atoms with Crippen molar-refractivity contribution in [2.24, 2.45) is 7.05 Å². The van der Waals surface area contributed by atoms with Crippen molar-refractivity contribution >= 4 is 41.3 Å². The number of halogens is 2. The predicted molar refractivity (Wildman–Crippen MR) is 76.0 cm³/mol. The fraction of sp³-hybridized carbons (Fsp3) is 0.182. The highest BCUT2D eigenvalue weighted by Crippen LogP contribution is 2.20. The van der Waals surface area contributed by atoms with E-state index < -0.39 is 0 Å². The number of aromatic amines is 1. The Kier molecular flexibility index (Phi) is 4.24. The molecule has 8 heteroatoms. The number of nitrogens with one attached hydrogen (secondary N) is 2. The molecule has 100 valence electrons. The highest BCUT2D eigenvalue weighted by molar-refractivity contribution is 7.71. The molecule has 19 heavy (non-hydrogen) atoms. The minimum atomic E-state index is -0.296. The van der Waals surface area contributed by atoms with Gasteiger partial charge in [-0.2, -0.15) is 5.10 Å². The number of rotatable bonds is 3. The molecular weight excluding hydrogens is 307 g/mol. The Morgan fingerprint density at radius 3 is 2.84 bits per heavy atom. The lowest BCUT2D eigenvalue weighted by molar-refractivity contribution is 0.0949. The summed E-state index contributed by atoms with van der Waals surface area (Å²) in [4.78, 5) is 12.0. The topological polar surface area (TPSA) is 62.7 Å². The lowest BCUT2D eigenvalue weighted by Gasteiger charge is -2.06. The summed E-state index contributed by atoms with van der Waals surface area (Å²) in [6.07, 6.45) is 0. The van der Waals surface area contributed by atoms with Crippen LogP contribution in [0.3, 0.4) is 0 Å². The standard InChI is InChI=1S/C11H10Cl2N4OS/c1-17-9(15-16-11(17)19)5-14-10(18)7-3-2-6(12)4-8(7)13/h2-4H,5H2,1H3,(H,14,18)(H,16,19). The van der Waals surface area contributed by atoms with Gasteiger partial charge in [-0.3, -0.25) is 9.89 Å². The van der Waals surface area contributed by atoms with E-state index in [1.165, 1.54) is 6.07 Å². The molecule has 0 fully saturated rings. The Bertz CT molecular complexity index is 680. The fourth-order valence-corrected chi connectivity index (χ4v) is 2.11. The Morgan fingerprint density at radius 1 is 1.53 bits per heavy atom. The number of carbonyl (C=O) groups excluding carboxylic acids is 1. The summed E-state index contributed by atoms with van der Waals surface area (Å²) in [5.74, 6) is 0.332. The molecule has 0 radical (unpaired) electrons. The minimum absolute atomic E-state index is 0.251. The van der Waals surface area contributed by atoms with Crippen molar-refractivity contribution in [3.05, 3.63) is 44.4 Å². The summed E-state index contributed by atoms with van der Waals surface area (Å²) < 4.78 is 2.17. The first-order chi connectivity index (χ1) is 8.99. The number of H-pyrrole nitrogens is 1. The molecule has 0 saturated heterocycles. The molecule has 0 aliphatic heterocycles. The van der Waals surface area contributed by atoms with Crippen LogP contribution in [0.2, 0.25) is 10.0 Å². The zero-order valence-electron chi connectivity index (χ0n) is 9.91. The molecule has 1 amide bonds. The van der Waals surface area contributed by atoms with Crippen molar-refractivity contribution in [1.29, 1.82) is 0 Å². The molecular formula is C11H10Cl2N4OS. The van der Waals surface area contributed by atoms with Crippen LogP contribution < -0.4 is 5.32 Å². The predicted octanol–water partition coefficient (Wildman–Crippen LogP) is 2.71. The summed E-state index contributed by atoms with van der Waals surface area (Å²) in [5, 5.41) is 10.1. The van der Waals surface area contributed by atoms with Gasteiger partial charge in [0.05, 0.1) is 17.1 Å². The highest BCUT2D eigenvalue weighted by atomic mass is 35.5. The normalized spacial score (nSPS) is 10.5. The first-order valence-electron chi connectivity index (χ1n) is 5.32. The highest BCUT2D eigenvalue weighted by Gasteiger charge is 2.11. The second-order valence-electron chi connectivity index (χ2n) is 3.81. The molecule has 0 aliphatic carbocycles. The van der Waals surface area contributed by atoms with Crippen LogP contribution in [-0.2, 0) is 13.6 Å². The third kappa shape index (κ3) is 3.15. The van der Waals surface area contributed by atoms with E-state index in [9.17, 15) is 4.79 Å². The van der Waals surface area contributed by atoms with Gasteiger partial charge in [0.15, 0.2) is 10.6 Å². The number of benzene rings is 1. The lowest BCUT2D eigenvalue weighted by atomic mass is 10.2. The average Bonchev–Trinajstić information content (AvgIpc) is 2.67. The maximum absolute atomic E-state index is 12.0. The summed E-state index contributed by atoms with van der Waals surface area (Å²) >= 11 is 16.7. The quantitative estimate of drug-likeness (QED) is 0.856. The van der Waals surface area contributed by atoms with Crippen molar-refractivity contribution in [2.75, 3.05) is 0 Å². The van der Waals surface area contributed by atoms with Crippen LogP contribution in [0.25, 0.3) is 0 Å². The molecule has 5 nitrogen and oxygen atoms in total. The summed E-state index contributed by atoms with van der Waals surface area (Å²) in [6, 6.07) is 4.70. The van der Waals surface area contributed by atoms with Gasteiger partial charge in [0.2, 0.25) is 0 Å². The zero-order chi connectivity index (χ0) is 14.0. The fourth-order valence-electron chi connectivity index (χ4n) is 1.47. The molecule has 1 aromatic carbocycles. The van der Waals surface area contributed by atoms with Gasteiger partial charge in [-0.15, -0.1) is 0 Å². The average molecular weight is 317 g/mol. The van der Waals surface area contributed by atoms with Crippen molar-refractivity contribution in [3.8, 4) is 0 Å². The summed E-state index contributed by atoms with van der Waals surface area (Å²) in [6.45, 7) is 0.251. The van der Waals surface area contributed by atoms with Gasteiger partial charge in [0, 0.05) is 12.1 Å². The molecule has 2 aromatic rings. The molecule has 0 unspecified atom stereocenters. The number of hydrogen-bond acceptors (Lipinski definition) is 3. The van der Waals surface area contributed by atoms with Gasteiger partial charge >= 0.3 is 0 Å². The molecule has 0 atom stereocenters. The third-order valence-electron chi connectivity index (χ3n) is 2.56. The Labute approximate surface area is 124 Å². The monoisotopic (exact) mass is 316 g/mol. The Morgan fingerprint density at radius 2 is 2.26 bits per heavy atom. The van der Waals surface area contributed by atoms with E-state index >= 15 is 0 Å². The molecule has 2 N–H and O–H groups in total. The van der Waals surface area contributed by atoms with Gasteiger partial charge in [0.1, 0.15) is 0 Å². The molecule has 1 heterocycles. The largest absolute Gasteiger partial charge is 0.345 e. The zero-order valence-corrected chi connectivity index (χ0v) is 12.2.